The molecule has 1 aliphatic heterocycles. The van der Waals surface area contributed by atoms with Gasteiger partial charge in [0.05, 0.1) is 28.4 Å². The lowest BCUT2D eigenvalue weighted by Gasteiger charge is -2.32. The molecule has 1 fully saturated rings. The number of aromatic amines is 1. The molecule has 5 aromatic rings. The zero-order valence-electron chi connectivity index (χ0n) is 19.4. The molecule has 0 bridgehead atoms. The Bertz CT molecular complexity index is 1460. The fraction of sp³-hybridized carbons (Fsp3) is 0.250. The van der Waals surface area contributed by atoms with Crippen molar-refractivity contribution in [3.05, 3.63) is 90.5 Å². The molecule has 7 heteroatoms. The van der Waals surface area contributed by atoms with Crippen molar-refractivity contribution >= 4 is 28.0 Å². The van der Waals surface area contributed by atoms with E-state index in [1.54, 1.807) is 6.33 Å². The number of fused-ring (bicyclic) bond motifs is 2. The molecule has 7 nitrogen and oxygen atoms in total. The van der Waals surface area contributed by atoms with Crippen LogP contribution in [0.15, 0.2) is 79.1 Å². The fourth-order valence-corrected chi connectivity index (χ4v) is 4.93. The van der Waals surface area contributed by atoms with E-state index < -0.39 is 0 Å². The molecule has 3 aromatic carbocycles. The van der Waals surface area contributed by atoms with Gasteiger partial charge in [0.15, 0.2) is 0 Å². The summed E-state index contributed by atoms with van der Waals surface area (Å²) in [4.78, 5) is 27.3. The first-order chi connectivity index (χ1) is 17.2. The van der Waals surface area contributed by atoms with E-state index in [-0.39, 0.29) is 5.91 Å². The molecule has 6 rings (SSSR count). The number of para-hydroxylation sites is 3. The Hall–Kier alpha value is -4.13. The summed E-state index contributed by atoms with van der Waals surface area (Å²) >= 11 is 0. The summed E-state index contributed by atoms with van der Waals surface area (Å²) in [5, 5.41) is 0. The van der Waals surface area contributed by atoms with Gasteiger partial charge in [-0.25, -0.2) is 9.97 Å². The monoisotopic (exact) mass is 465 g/mol. The maximum absolute atomic E-state index is 13.1. The standard InChI is InChI=1S/C28H27N5O2/c34-28(21-10-11-23-25(16-21)30-19-29-23)32-14-12-20(13-15-32)17-33-26-9-5-4-8-24(26)31-27(33)18-35-22-6-2-1-3-7-22/h1-11,16,19-20H,12-15,17-18H2,(H,29,30). The topological polar surface area (TPSA) is 76.0 Å². The van der Waals surface area contributed by atoms with Crippen LogP contribution in [-0.4, -0.2) is 43.4 Å². The minimum absolute atomic E-state index is 0.0879. The highest BCUT2D eigenvalue weighted by Crippen LogP contribution is 2.25. The number of carbonyl (C=O) groups excluding carboxylic acids is 1. The molecule has 0 radical (unpaired) electrons. The summed E-state index contributed by atoms with van der Waals surface area (Å²) in [7, 11) is 0. The van der Waals surface area contributed by atoms with Gasteiger partial charge in [0.1, 0.15) is 18.2 Å². The van der Waals surface area contributed by atoms with Crippen LogP contribution in [0.25, 0.3) is 22.1 Å². The molecule has 3 heterocycles. The third-order valence-corrected chi connectivity index (χ3v) is 6.85. The van der Waals surface area contributed by atoms with Gasteiger partial charge in [-0.15, -0.1) is 0 Å². The molecule has 2 aromatic heterocycles. The summed E-state index contributed by atoms with van der Waals surface area (Å²) < 4.78 is 8.33. The normalized spacial score (nSPS) is 14.6. The third-order valence-electron chi connectivity index (χ3n) is 6.85. The van der Waals surface area contributed by atoms with Crippen LogP contribution < -0.4 is 4.74 Å². The van der Waals surface area contributed by atoms with Crippen LogP contribution in [0.1, 0.15) is 29.0 Å². The maximum atomic E-state index is 13.1. The number of nitrogens with one attached hydrogen (secondary N) is 1. The number of piperidine rings is 1. The lowest BCUT2D eigenvalue weighted by Crippen LogP contribution is -2.39. The van der Waals surface area contributed by atoms with Crippen molar-refractivity contribution in [2.45, 2.75) is 26.0 Å². The van der Waals surface area contributed by atoms with Crippen molar-refractivity contribution < 1.29 is 9.53 Å². The zero-order chi connectivity index (χ0) is 23.6. The number of nitrogens with zero attached hydrogens (tertiary/aromatic N) is 4. The Morgan fingerprint density at radius 3 is 2.63 bits per heavy atom. The quantitative estimate of drug-likeness (QED) is 0.381. The number of hydrogen-bond donors (Lipinski definition) is 1. The van der Waals surface area contributed by atoms with E-state index in [2.05, 4.69) is 32.7 Å². The van der Waals surface area contributed by atoms with Gasteiger partial charge in [-0.3, -0.25) is 4.79 Å². The highest BCUT2D eigenvalue weighted by molar-refractivity contribution is 5.97. The van der Waals surface area contributed by atoms with Gasteiger partial charge >= 0.3 is 0 Å². The number of aromatic nitrogens is 4. The third kappa shape index (κ3) is 4.37. The largest absolute Gasteiger partial charge is 0.486 e. The molecule has 176 valence electrons. The summed E-state index contributed by atoms with van der Waals surface area (Å²) in [6.07, 6.45) is 3.58. The molecule has 1 aliphatic rings. The first-order valence-corrected chi connectivity index (χ1v) is 12.1. The van der Waals surface area contributed by atoms with Gasteiger partial charge < -0.3 is 19.2 Å². The number of H-pyrrole nitrogens is 1. The van der Waals surface area contributed by atoms with Crippen LogP contribution in [0, 0.1) is 5.92 Å². The van der Waals surface area contributed by atoms with Crippen LogP contribution in [0.3, 0.4) is 0 Å². The highest BCUT2D eigenvalue weighted by Gasteiger charge is 2.25. The van der Waals surface area contributed by atoms with E-state index in [1.165, 1.54) is 0 Å². The Balaban J connectivity index is 1.14. The number of ether oxygens (including phenoxy) is 1. The van der Waals surface area contributed by atoms with Crippen molar-refractivity contribution in [3.63, 3.8) is 0 Å². The number of hydrogen-bond acceptors (Lipinski definition) is 4. The van der Waals surface area contributed by atoms with Crippen LogP contribution in [0.5, 0.6) is 5.75 Å². The predicted octanol–water partition coefficient (Wildman–Crippen LogP) is 5.04. The van der Waals surface area contributed by atoms with Crippen LogP contribution >= 0.6 is 0 Å². The van der Waals surface area contributed by atoms with Crippen molar-refractivity contribution in [2.75, 3.05) is 13.1 Å². The average molecular weight is 466 g/mol. The van der Waals surface area contributed by atoms with Crippen molar-refractivity contribution in [1.29, 1.82) is 0 Å². The van der Waals surface area contributed by atoms with E-state index >= 15 is 0 Å². The zero-order valence-corrected chi connectivity index (χ0v) is 19.4. The molecule has 1 N–H and O–H groups in total. The number of amides is 1. The van der Waals surface area contributed by atoms with Crippen LogP contribution in [-0.2, 0) is 13.2 Å². The smallest absolute Gasteiger partial charge is 0.253 e. The van der Waals surface area contributed by atoms with E-state index in [4.69, 9.17) is 9.72 Å². The first kappa shape index (κ1) is 21.4. The molecule has 35 heavy (non-hydrogen) atoms. The molecule has 0 aliphatic carbocycles. The van der Waals surface area contributed by atoms with E-state index in [9.17, 15) is 4.79 Å². The second kappa shape index (κ2) is 9.25. The number of imidazole rings is 2. The minimum Gasteiger partial charge on any atom is -0.486 e. The summed E-state index contributed by atoms with van der Waals surface area (Å²) in [6, 6.07) is 23.8. The molecule has 0 atom stereocenters. The van der Waals surface area contributed by atoms with Gasteiger partial charge in [0, 0.05) is 25.2 Å². The van der Waals surface area contributed by atoms with Crippen molar-refractivity contribution in [1.82, 2.24) is 24.4 Å². The lowest BCUT2D eigenvalue weighted by atomic mass is 9.96. The molecular formula is C28H27N5O2. The molecule has 0 saturated carbocycles. The number of benzene rings is 3. The maximum Gasteiger partial charge on any atom is 0.253 e. The van der Waals surface area contributed by atoms with E-state index in [0.29, 0.717) is 18.1 Å². The van der Waals surface area contributed by atoms with Crippen molar-refractivity contribution in [3.8, 4) is 5.75 Å². The Labute approximate surface area is 203 Å². The van der Waals surface area contributed by atoms with Crippen LogP contribution in [0.4, 0.5) is 0 Å². The van der Waals surface area contributed by atoms with Crippen LogP contribution in [0.2, 0.25) is 0 Å². The van der Waals surface area contributed by atoms with Gasteiger partial charge in [-0.05, 0) is 61.2 Å². The second-order valence-electron chi connectivity index (χ2n) is 9.10. The Morgan fingerprint density at radius 2 is 1.77 bits per heavy atom. The Morgan fingerprint density at radius 1 is 0.971 bits per heavy atom. The first-order valence-electron chi connectivity index (χ1n) is 12.1. The lowest BCUT2D eigenvalue weighted by molar-refractivity contribution is 0.0682. The fourth-order valence-electron chi connectivity index (χ4n) is 4.93. The highest BCUT2D eigenvalue weighted by atomic mass is 16.5. The predicted molar refractivity (Wildman–Crippen MR) is 135 cm³/mol. The molecule has 0 unspecified atom stereocenters. The van der Waals surface area contributed by atoms with Crippen molar-refractivity contribution in [2.24, 2.45) is 5.92 Å². The van der Waals surface area contributed by atoms with Gasteiger partial charge in [0.25, 0.3) is 5.91 Å². The number of likely N-dealkylation sites (tertiary alicyclic amines) is 1. The van der Waals surface area contributed by atoms with E-state index in [0.717, 1.165) is 66.1 Å². The second-order valence-corrected chi connectivity index (χ2v) is 9.10. The van der Waals surface area contributed by atoms with Gasteiger partial charge in [0.2, 0.25) is 0 Å². The van der Waals surface area contributed by atoms with E-state index in [1.807, 2.05) is 59.5 Å². The SMILES string of the molecule is O=C(c1ccc2nc[nH]c2c1)N1CCC(Cn2c(COc3ccccc3)nc3ccccc32)CC1. The van der Waals surface area contributed by atoms with Gasteiger partial charge in [-0.2, -0.15) is 0 Å². The minimum atomic E-state index is 0.0879. The summed E-state index contributed by atoms with van der Waals surface area (Å²) in [6.45, 7) is 2.81. The number of carbonyl (C=O) groups is 1. The molecule has 1 saturated heterocycles. The molecule has 0 spiro atoms. The Kier molecular flexibility index (Phi) is 5.66. The summed E-state index contributed by atoms with van der Waals surface area (Å²) in [5.74, 6) is 2.33. The molecule has 1 amide bonds. The molecular weight excluding hydrogens is 438 g/mol. The average Bonchev–Trinajstić information content (AvgIpc) is 3.52. The van der Waals surface area contributed by atoms with Gasteiger partial charge in [-0.1, -0.05) is 30.3 Å². The summed E-state index contributed by atoms with van der Waals surface area (Å²) in [5.41, 5.74) is 4.59. The number of rotatable bonds is 6.